The van der Waals surface area contributed by atoms with Crippen LogP contribution < -0.4 is 4.90 Å². The number of hydrogen-bond acceptors (Lipinski definition) is 5. The molecular weight excluding hydrogens is 425 g/mol. The number of aliphatic hydroxyl groups is 1. The molecule has 5 rings (SSSR count). The molecule has 4 heterocycles. The van der Waals surface area contributed by atoms with Crippen LogP contribution in [0.3, 0.4) is 0 Å². The summed E-state index contributed by atoms with van der Waals surface area (Å²) in [4.78, 5) is 28.9. The van der Waals surface area contributed by atoms with Crippen molar-refractivity contribution in [2.75, 3.05) is 24.6 Å². The summed E-state index contributed by atoms with van der Waals surface area (Å²) in [7, 11) is 0. The molecule has 1 unspecified atom stereocenters. The Hall–Kier alpha value is -2.35. The number of halogens is 2. The summed E-state index contributed by atoms with van der Waals surface area (Å²) in [6.07, 6.45) is 6.04. The number of anilines is 1. The topological polar surface area (TPSA) is 85.3 Å². The highest BCUT2D eigenvalue weighted by Crippen LogP contribution is 2.35. The van der Waals surface area contributed by atoms with E-state index in [-0.39, 0.29) is 24.4 Å². The molecule has 156 valence electrons. The van der Waals surface area contributed by atoms with Gasteiger partial charge in [0.25, 0.3) is 5.91 Å². The molecule has 7 nitrogen and oxygen atoms in total. The van der Waals surface area contributed by atoms with Gasteiger partial charge in [-0.3, -0.25) is 4.79 Å². The number of benzene rings is 1. The molecule has 0 saturated carbocycles. The molecule has 1 aromatic carbocycles. The average molecular weight is 446 g/mol. The van der Waals surface area contributed by atoms with Crippen molar-refractivity contribution in [1.29, 1.82) is 0 Å². The smallest absolute Gasteiger partial charge is 0.291 e. The first-order valence-electron chi connectivity index (χ1n) is 10.0. The minimum absolute atomic E-state index is 0.0952. The predicted molar refractivity (Wildman–Crippen MR) is 116 cm³/mol. The largest absolute Gasteiger partial charge is 0.394 e. The van der Waals surface area contributed by atoms with Crippen LogP contribution in [0.2, 0.25) is 10.0 Å². The van der Waals surface area contributed by atoms with Gasteiger partial charge in [0.05, 0.1) is 46.3 Å². The summed E-state index contributed by atoms with van der Waals surface area (Å²) in [6.45, 7) is 2.02. The van der Waals surface area contributed by atoms with E-state index in [1.165, 1.54) is 0 Å². The Morgan fingerprint density at radius 3 is 2.80 bits per heavy atom. The minimum atomic E-state index is -0.193. The average Bonchev–Trinajstić information content (AvgIpc) is 3.40. The van der Waals surface area contributed by atoms with Gasteiger partial charge in [-0.15, -0.1) is 0 Å². The zero-order chi connectivity index (χ0) is 20.8. The molecule has 0 bridgehead atoms. The van der Waals surface area contributed by atoms with Crippen LogP contribution in [0.4, 0.5) is 5.69 Å². The Labute approximate surface area is 183 Å². The standard InChI is InChI=1S/C21H21Cl2N5O2/c22-16-4-3-14-15-10-27(7-5-17(15)26-19(14)18(16)23)21(30)20-24-8-13(9-25-20)28-6-1-2-12(28)11-29/h3-4,8-9,12,26,29H,1-2,5-7,10-11H2. The van der Waals surface area contributed by atoms with E-state index in [2.05, 4.69) is 19.9 Å². The Balaban J connectivity index is 1.37. The fourth-order valence-corrected chi connectivity index (χ4v) is 4.85. The number of aliphatic hydroxyl groups excluding tert-OH is 1. The van der Waals surface area contributed by atoms with E-state index >= 15 is 0 Å². The molecule has 1 atom stereocenters. The van der Waals surface area contributed by atoms with Gasteiger partial charge < -0.3 is 19.9 Å². The van der Waals surface area contributed by atoms with Gasteiger partial charge in [0, 0.05) is 42.7 Å². The number of amides is 1. The first kappa shape index (κ1) is 19.6. The molecule has 1 saturated heterocycles. The van der Waals surface area contributed by atoms with Gasteiger partial charge in [0.2, 0.25) is 5.82 Å². The summed E-state index contributed by atoms with van der Waals surface area (Å²) in [6, 6.07) is 3.81. The van der Waals surface area contributed by atoms with Crippen molar-refractivity contribution in [1.82, 2.24) is 19.9 Å². The summed E-state index contributed by atoms with van der Waals surface area (Å²) < 4.78 is 0. The van der Waals surface area contributed by atoms with E-state index in [0.717, 1.165) is 47.2 Å². The van der Waals surface area contributed by atoms with E-state index in [1.807, 2.05) is 6.07 Å². The number of nitrogens with one attached hydrogen (secondary N) is 1. The van der Waals surface area contributed by atoms with Gasteiger partial charge in [0.15, 0.2) is 0 Å². The lowest BCUT2D eigenvalue weighted by molar-refractivity contribution is 0.0722. The second-order valence-corrected chi connectivity index (χ2v) is 8.56. The summed E-state index contributed by atoms with van der Waals surface area (Å²) in [5.41, 5.74) is 3.79. The maximum Gasteiger partial charge on any atom is 0.291 e. The summed E-state index contributed by atoms with van der Waals surface area (Å²) in [5, 5.41) is 11.5. The van der Waals surface area contributed by atoms with Crippen molar-refractivity contribution in [3.8, 4) is 0 Å². The lowest BCUT2D eigenvalue weighted by atomic mass is 10.0. The lowest BCUT2D eigenvalue weighted by Gasteiger charge is -2.27. The van der Waals surface area contributed by atoms with Gasteiger partial charge in [0.1, 0.15) is 0 Å². The van der Waals surface area contributed by atoms with Crippen molar-refractivity contribution in [3.63, 3.8) is 0 Å². The van der Waals surface area contributed by atoms with Crippen LogP contribution >= 0.6 is 23.2 Å². The van der Waals surface area contributed by atoms with E-state index in [1.54, 1.807) is 23.4 Å². The Morgan fingerprint density at radius 1 is 1.23 bits per heavy atom. The minimum Gasteiger partial charge on any atom is -0.394 e. The maximum atomic E-state index is 13.0. The number of aromatic nitrogens is 3. The number of aromatic amines is 1. The molecule has 2 aliphatic rings. The van der Waals surface area contributed by atoms with E-state index in [0.29, 0.717) is 29.6 Å². The van der Waals surface area contributed by atoms with Gasteiger partial charge >= 0.3 is 0 Å². The quantitative estimate of drug-likeness (QED) is 0.644. The van der Waals surface area contributed by atoms with Crippen molar-refractivity contribution in [2.45, 2.75) is 31.8 Å². The molecule has 2 N–H and O–H groups in total. The van der Waals surface area contributed by atoms with Crippen molar-refractivity contribution in [2.24, 2.45) is 0 Å². The third-order valence-corrected chi connectivity index (χ3v) is 6.88. The van der Waals surface area contributed by atoms with E-state index < -0.39 is 0 Å². The van der Waals surface area contributed by atoms with Crippen molar-refractivity contribution < 1.29 is 9.90 Å². The second-order valence-electron chi connectivity index (χ2n) is 7.78. The van der Waals surface area contributed by atoms with Gasteiger partial charge in [-0.1, -0.05) is 29.3 Å². The first-order valence-corrected chi connectivity index (χ1v) is 10.8. The number of carbonyl (C=O) groups excluding carboxylic acids is 1. The zero-order valence-corrected chi connectivity index (χ0v) is 17.7. The highest BCUT2D eigenvalue weighted by Gasteiger charge is 2.28. The molecule has 1 fully saturated rings. The first-order chi connectivity index (χ1) is 14.6. The van der Waals surface area contributed by atoms with Crippen LogP contribution in [0, 0.1) is 0 Å². The lowest BCUT2D eigenvalue weighted by Crippen LogP contribution is -2.37. The molecule has 2 aromatic heterocycles. The number of nitrogens with zero attached hydrogens (tertiary/aromatic N) is 4. The maximum absolute atomic E-state index is 13.0. The molecule has 0 aliphatic carbocycles. The Morgan fingerprint density at radius 2 is 2.03 bits per heavy atom. The van der Waals surface area contributed by atoms with Crippen molar-refractivity contribution in [3.05, 3.63) is 51.7 Å². The molecule has 2 aliphatic heterocycles. The summed E-state index contributed by atoms with van der Waals surface area (Å²) >= 11 is 12.5. The van der Waals surface area contributed by atoms with Crippen LogP contribution in [0.15, 0.2) is 24.5 Å². The highest BCUT2D eigenvalue weighted by atomic mass is 35.5. The molecular formula is C21H21Cl2N5O2. The van der Waals surface area contributed by atoms with Crippen LogP contribution in [-0.4, -0.2) is 56.6 Å². The number of hydrogen-bond donors (Lipinski definition) is 2. The van der Waals surface area contributed by atoms with Gasteiger partial charge in [-0.05, 0) is 18.9 Å². The summed E-state index contributed by atoms with van der Waals surface area (Å²) in [5.74, 6) is -0.00963. The number of H-pyrrole nitrogens is 1. The fraction of sp³-hybridized carbons (Fsp3) is 0.381. The van der Waals surface area contributed by atoms with E-state index in [4.69, 9.17) is 23.2 Å². The molecule has 0 radical (unpaired) electrons. The number of rotatable bonds is 3. The predicted octanol–water partition coefficient (Wildman–Crippen LogP) is 3.42. The Kier molecular flexibility index (Phi) is 5.05. The Bertz CT molecular complexity index is 1110. The normalized spacial score (nSPS) is 18.8. The molecule has 3 aromatic rings. The third-order valence-electron chi connectivity index (χ3n) is 6.08. The van der Waals surface area contributed by atoms with E-state index in [9.17, 15) is 9.90 Å². The number of carbonyl (C=O) groups is 1. The highest BCUT2D eigenvalue weighted by molar-refractivity contribution is 6.45. The van der Waals surface area contributed by atoms with Crippen LogP contribution in [-0.2, 0) is 13.0 Å². The van der Waals surface area contributed by atoms with Crippen LogP contribution in [0.1, 0.15) is 34.7 Å². The third kappa shape index (κ3) is 3.21. The van der Waals surface area contributed by atoms with Gasteiger partial charge in [-0.2, -0.15) is 0 Å². The monoisotopic (exact) mass is 445 g/mol. The molecule has 30 heavy (non-hydrogen) atoms. The van der Waals surface area contributed by atoms with Gasteiger partial charge in [-0.25, -0.2) is 9.97 Å². The second kappa shape index (κ2) is 7.72. The van der Waals surface area contributed by atoms with Crippen LogP contribution in [0.25, 0.3) is 10.9 Å². The molecule has 0 spiro atoms. The van der Waals surface area contributed by atoms with Crippen molar-refractivity contribution >= 4 is 45.7 Å². The SMILES string of the molecule is O=C(c1ncc(N2CCCC2CO)cn1)N1CCc2[nH]c3c(Cl)c(Cl)ccc3c2C1. The zero-order valence-electron chi connectivity index (χ0n) is 16.2. The molecule has 1 amide bonds. The van der Waals surface area contributed by atoms with Crippen LogP contribution in [0.5, 0.6) is 0 Å². The fourth-order valence-electron chi connectivity index (χ4n) is 4.48. The molecule has 9 heteroatoms. The number of fused-ring (bicyclic) bond motifs is 3.